The highest BCUT2D eigenvalue weighted by molar-refractivity contribution is 6.13. The van der Waals surface area contributed by atoms with Gasteiger partial charge in [0.1, 0.15) is 23.7 Å². The number of imide groups is 1. The summed E-state index contributed by atoms with van der Waals surface area (Å²) in [4.78, 5) is 205. The minimum absolute atomic E-state index is 0.0217. The Bertz CT molecular complexity index is 2790. The zero-order valence-electron chi connectivity index (χ0n) is 75.8. The van der Waals surface area contributed by atoms with Gasteiger partial charge in [0.05, 0.1) is 138 Å². The van der Waals surface area contributed by atoms with Crippen molar-refractivity contribution < 1.29 is 129 Å². The lowest BCUT2D eigenvalue weighted by Gasteiger charge is -2.34. The first-order valence-electron chi connectivity index (χ1n) is 43.1. The van der Waals surface area contributed by atoms with E-state index in [0.717, 1.165) is 17.1 Å². The molecule has 1 aliphatic rings. The Morgan fingerprint density at radius 2 is 0.537 bits per heavy atom. The second-order valence-corrected chi connectivity index (χ2v) is 34.5. The second kappa shape index (κ2) is 63.6. The molecule has 0 aliphatic carbocycles. The molecule has 1 aliphatic heterocycles. The van der Waals surface area contributed by atoms with Crippen molar-refractivity contribution in [2.75, 3.05) is 165 Å². The van der Waals surface area contributed by atoms with E-state index in [9.17, 15) is 71.9 Å². The van der Waals surface area contributed by atoms with E-state index in [0.29, 0.717) is 38.5 Å². The number of rotatable bonds is 70. The lowest BCUT2D eigenvalue weighted by atomic mass is 10.0. The van der Waals surface area contributed by atoms with E-state index >= 15 is 0 Å². The van der Waals surface area contributed by atoms with Crippen LogP contribution in [-0.4, -0.2) is 297 Å². The van der Waals surface area contributed by atoms with Gasteiger partial charge in [0.2, 0.25) is 23.6 Å². The topological polar surface area (TPSA) is 428 Å². The summed E-state index contributed by atoms with van der Waals surface area (Å²) >= 11 is 0. The maximum absolute atomic E-state index is 14.1. The molecular weight excluding hydrogens is 1580 g/mol. The third-order valence-electron chi connectivity index (χ3n) is 17.4. The highest BCUT2D eigenvalue weighted by atomic mass is 16.6. The average Bonchev–Trinajstić information content (AvgIpc) is 1.83. The summed E-state index contributed by atoms with van der Waals surface area (Å²) in [7, 11) is 0. The molecule has 6 amide bonds. The summed E-state index contributed by atoms with van der Waals surface area (Å²) < 4.78 is 68.0. The lowest BCUT2D eigenvalue weighted by molar-refractivity contribution is -0.160. The van der Waals surface area contributed by atoms with E-state index in [-0.39, 0.29) is 197 Å². The molecule has 0 saturated carbocycles. The van der Waals surface area contributed by atoms with Gasteiger partial charge in [-0.15, -0.1) is 0 Å². The summed E-state index contributed by atoms with van der Waals surface area (Å²) in [6.07, 6.45) is 3.52. The van der Waals surface area contributed by atoms with E-state index in [1.165, 1.54) is 14.7 Å². The van der Waals surface area contributed by atoms with Gasteiger partial charge in [-0.25, -0.2) is 0 Å². The van der Waals surface area contributed by atoms with Gasteiger partial charge in [-0.1, -0.05) is 125 Å². The monoisotopic (exact) mass is 1730 g/mol. The molecule has 0 spiro atoms. The molecule has 35 heteroatoms. The number of nitrogens with zero attached hydrogens (tertiary/aromatic N) is 4. The van der Waals surface area contributed by atoms with Gasteiger partial charge >= 0.3 is 53.7 Å². The molecule has 121 heavy (non-hydrogen) atoms. The summed E-state index contributed by atoms with van der Waals surface area (Å²) in [5.74, 6) is -9.04. The number of nitrogens with one attached hydrogen (secondary N) is 4. The third-order valence-corrected chi connectivity index (χ3v) is 17.4. The molecule has 3 unspecified atom stereocenters. The lowest BCUT2D eigenvalue weighted by Crippen LogP contribution is -2.59. The summed E-state index contributed by atoms with van der Waals surface area (Å²) in [6.45, 7) is 30.4. The highest BCUT2D eigenvalue weighted by Crippen LogP contribution is 2.20. The Balaban J connectivity index is 3.60. The smallest absolute Gasteiger partial charge is 0.323 e. The van der Waals surface area contributed by atoms with Gasteiger partial charge < -0.3 is 78.1 Å². The predicted octanol–water partition coefficient (Wildman–Crippen LogP) is 6.04. The van der Waals surface area contributed by atoms with Crippen LogP contribution >= 0.6 is 0 Å². The number of carbonyl (C=O) groups excluding carboxylic acids is 15. The van der Waals surface area contributed by atoms with Gasteiger partial charge in [-0.05, 0) is 111 Å². The van der Waals surface area contributed by atoms with Crippen molar-refractivity contribution in [3.8, 4) is 0 Å². The molecule has 1 rings (SSSR count). The molecule has 3 atom stereocenters. The van der Waals surface area contributed by atoms with Crippen LogP contribution < -0.4 is 21.3 Å². The largest absolute Gasteiger partial charge is 0.464 e. The molecule has 0 fully saturated rings. The molecule has 35 nitrogen and oxygen atoms in total. The Hall–Kier alpha value is -8.25. The van der Waals surface area contributed by atoms with Crippen molar-refractivity contribution in [1.82, 2.24) is 40.9 Å². The quantitative estimate of drug-likeness (QED) is 0.0233. The molecule has 0 aromatic carbocycles. The molecule has 4 N–H and O–H groups in total. The summed E-state index contributed by atoms with van der Waals surface area (Å²) in [5.41, 5.74) is -1.65. The Morgan fingerprint density at radius 1 is 0.314 bits per heavy atom. The van der Waals surface area contributed by atoms with Crippen LogP contribution in [0.15, 0.2) is 12.2 Å². The Morgan fingerprint density at radius 3 is 0.760 bits per heavy atom. The van der Waals surface area contributed by atoms with Gasteiger partial charge in [-0.3, -0.25) is 91.5 Å². The van der Waals surface area contributed by atoms with Crippen molar-refractivity contribution in [3.05, 3.63) is 12.2 Å². The van der Waals surface area contributed by atoms with Crippen molar-refractivity contribution in [2.45, 2.75) is 232 Å². The normalized spacial score (nSPS) is 13.5. The SMILES string of the molecule is CC(C)COC(=O)CN(CC(=O)OCC(C)C)C(CCCCNC(=O)CCOCC(COCCC(=O)NCCCCC(C(=O)OCC(C)C)N(CC(=O)OCC(C)C)CC(=O)OCC(C)C)(COCCC(=O)NCCCCC(C(=O)OCC(C)C)N(CC(=O)OCC(C)C)CC(=O)OCC(C)C)NC(=O)CCN1C(=O)C=CC1=O)C(=O)OCC(C)C. The van der Waals surface area contributed by atoms with Gasteiger partial charge in [0.25, 0.3) is 11.8 Å². The van der Waals surface area contributed by atoms with E-state index in [1.807, 2.05) is 125 Å². The fourth-order valence-corrected chi connectivity index (χ4v) is 11.1. The predicted molar refractivity (Wildman–Crippen MR) is 446 cm³/mol. The number of ether oxygens (including phenoxy) is 12. The van der Waals surface area contributed by atoms with Crippen LogP contribution in [0.25, 0.3) is 0 Å². The molecule has 694 valence electrons. The molecule has 0 saturated heterocycles. The minimum atomic E-state index is -1.65. The zero-order chi connectivity index (χ0) is 91.0. The van der Waals surface area contributed by atoms with Gasteiger partial charge in [-0.2, -0.15) is 0 Å². The second-order valence-electron chi connectivity index (χ2n) is 34.5. The Kier molecular flexibility index (Phi) is 58.3. The van der Waals surface area contributed by atoms with Crippen LogP contribution in [0.5, 0.6) is 0 Å². The van der Waals surface area contributed by atoms with Crippen LogP contribution in [0.3, 0.4) is 0 Å². The van der Waals surface area contributed by atoms with Crippen LogP contribution in [0, 0.1) is 53.3 Å². The zero-order valence-corrected chi connectivity index (χ0v) is 75.8. The van der Waals surface area contributed by atoms with E-state index in [1.54, 1.807) is 0 Å². The fraction of sp³-hybridized carbons (Fsp3) is 0.802. The molecule has 0 radical (unpaired) electrons. The first kappa shape index (κ1) is 111. The highest BCUT2D eigenvalue weighted by Gasteiger charge is 2.38. The Labute approximate surface area is 717 Å². The van der Waals surface area contributed by atoms with E-state index in [4.69, 9.17) is 56.8 Å². The number of amides is 6. The van der Waals surface area contributed by atoms with Crippen LogP contribution in [0.4, 0.5) is 0 Å². The number of unbranched alkanes of at least 4 members (excludes halogenated alkanes) is 3. The maximum Gasteiger partial charge on any atom is 0.323 e. The summed E-state index contributed by atoms with van der Waals surface area (Å²) in [6, 6.07) is -3.17. The molecule has 0 aromatic heterocycles. The standard InChI is InChI=1S/C86H148N8O27/c1-59(2)47-113-77(101)41-91(42-78(102)114-48-60(3)4)68(83(107)119-53-65(13)14)25-19-22-34-87-71(95)31-38-110-56-86(90-74(98)30-37-94-75(99)28-29-76(94)100,57-111-39-32-72(96)88-35-23-20-26-69(84(108)120-54-66(15)16)92(43-79(103)115-49-61(5)6)44-80(104)116-50-62(7)8)58-112-40-33-73(97)89-36-24-21-27-70(85(109)121-55-67(17)18)93(45-81(105)117-51-63(9)10)46-82(106)118-52-64(11)12/h28-29,59-70H,19-27,30-58H2,1-18H3,(H,87,95)(H,88,96)(H,89,97)(H,90,98). The molecule has 0 bridgehead atoms. The van der Waals surface area contributed by atoms with Crippen molar-refractivity contribution in [3.63, 3.8) is 0 Å². The third kappa shape index (κ3) is 55.5. The van der Waals surface area contributed by atoms with Crippen LogP contribution in [0.2, 0.25) is 0 Å². The number of hydrogen-bond donors (Lipinski definition) is 4. The first-order chi connectivity index (χ1) is 57.1. The van der Waals surface area contributed by atoms with E-state index in [2.05, 4.69) is 21.3 Å². The molecule has 0 aromatic rings. The number of esters is 9. The maximum atomic E-state index is 14.1. The minimum Gasteiger partial charge on any atom is -0.464 e. The molecular formula is C86H148N8O27. The van der Waals surface area contributed by atoms with Gasteiger partial charge in [0, 0.05) is 64.0 Å². The van der Waals surface area contributed by atoms with Crippen LogP contribution in [0.1, 0.15) is 208 Å². The van der Waals surface area contributed by atoms with Crippen molar-refractivity contribution >= 4 is 89.2 Å². The fourth-order valence-electron chi connectivity index (χ4n) is 11.1. The number of hydrogen-bond acceptors (Lipinski definition) is 30. The number of carbonyl (C=O) groups is 15. The van der Waals surface area contributed by atoms with E-state index < -0.39 is 178 Å². The van der Waals surface area contributed by atoms with Gasteiger partial charge in [0.15, 0.2) is 0 Å². The van der Waals surface area contributed by atoms with Crippen molar-refractivity contribution in [2.24, 2.45) is 53.3 Å². The average molecular weight is 1730 g/mol. The van der Waals surface area contributed by atoms with Crippen LogP contribution in [-0.2, 0) is 129 Å². The molecule has 1 heterocycles. The van der Waals surface area contributed by atoms with Crippen molar-refractivity contribution in [1.29, 1.82) is 0 Å². The first-order valence-corrected chi connectivity index (χ1v) is 43.1. The summed E-state index contributed by atoms with van der Waals surface area (Å²) in [5, 5.41) is 11.4.